The van der Waals surface area contributed by atoms with Gasteiger partial charge in [-0.15, -0.1) is 0 Å². The van der Waals surface area contributed by atoms with Gasteiger partial charge in [0.05, 0.1) is 30.9 Å². The molecule has 0 aliphatic carbocycles. The molecule has 0 bridgehead atoms. The molecule has 4 heterocycles. The predicted octanol–water partition coefficient (Wildman–Crippen LogP) is 3.60. The molecule has 4 rings (SSSR count). The molecule has 7 heteroatoms. The van der Waals surface area contributed by atoms with Crippen LogP contribution < -0.4 is 4.74 Å². The van der Waals surface area contributed by atoms with Crippen LogP contribution in [0.1, 0.15) is 5.56 Å². The normalized spacial score (nSPS) is 11.0. The van der Waals surface area contributed by atoms with Crippen LogP contribution in [0.5, 0.6) is 5.88 Å². The molecular formula is C18H14ClN5O. The standard InChI is InChI=1S/C18H14ClN5O/c1-25-18-12(3-2-6-20-18)10-24-11-14(9-22-24)13-7-16-15(21-8-13)4-5-17(19)23-16/h2-9,11H,10H2,1H3. The van der Waals surface area contributed by atoms with E-state index in [-0.39, 0.29) is 0 Å². The highest BCUT2D eigenvalue weighted by Gasteiger charge is 2.08. The van der Waals surface area contributed by atoms with Crippen molar-refractivity contribution in [1.82, 2.24) is 24.7 Å². The molecule has 0 unspecified atom stereocenters. The molecular weight excluding hydrogens is 338 g/mol. The topological polar surface area (TPSA) is 65.7 Å². The van der Waals surface area contributed by atoms with Gasteiger partial charge in [-0.05, 0) is 24.3 Å². The molecule has 0 saturated heterocycles. The number of hydrogen-bond acceptors (Lipinski definition) is 5. The van der Waals surface area contributed by atoms with Crippen LogP contribution in [-0.2, 0) is 6.54 Å². The van der Waals surface area contributed by atoms with E-state index in [1.807, 2.05) is 41.3 Å². The zero-order chi connectivity index (χ0) is 17.2. The fourth-order valence-corrected chi connectivity index (χ4v) is 2.80. The van der Waals surface area contributed by atoms with E-state index in [2.05, 4.69) is 20.1 Å². The zero-order valence-corrected chi connectivity index (χ0v) is 14.2. The summed E-state index contributed by atoms with van der Waals surface area (Å²) < 4.78 is 7.12. The molecule has 0 fully saturated rings. The van der Waals surface area contributed by atoms with Crippen LogP contribution in [-0.4, -0.2) is 31.8 Å². The Hall–Kier alpha value is -2.99. The Morgan fingerprint density at radius 1 is 1.08 bits per heavy atom. The first kappa shape index (κ1) is 15.5. The highest BCUT2D eigenvalue weighted by Crippen LogP contribution is 2.23. The van der Waals surface area contributed by atoms with E-state index < -0.39 is 0 Å². The molecule has 0 aliphatic rings. The molecule has 0 saturated carbocycles. The Bertz CT molecular complexity index is 1050. The van der Waals surface area contributed by atoms with Crippen LogP contribution in [0.25, 0.3) is 22.2 Å². The maximum absolute atomic E-state index is 5.97. The van der Waals surface area contributed by atoms with Gasteiger partial charge in [-0.3, -0.25) is 9.67 Å². The number of hydrogen-bond donors (Lipinski definition) is 0. The summed E-state index contributed by atoms with van der Waals surface area (Å²) in [7, 11) is 1.61. The van der Waals surface area contributed by atoms with Crippen LogP contribution in [0.2, 0.25) is 5.15 Å². The van der Waals surface area contributed by atoms with Crippen LogP contribution in [0.4, 0.5) is 0 Å². The SMILES string of the molecule is COc1ncccc1Cn1cc(-c2cnc3ccc(Cl)nc3c2)cn1. The Kier molecular flexibility index (Phi) is 4.03. The van der Waals surface area contributed by atoms with Crippen molar-refractivity contribution in [2.24, 2.45) is 0 Å². The molecule has 0 aliphatic heterocycles. The maximum Gasteiger partial charge on any atom is 0.218 e. The minimum atomic E-state index is 0.450. The molecule has 0 amide bonds. The first-order chi connectivity index (χ1) is 12.2. The van der Waals surface area contributed by atoms with Crippen LogP contribution in [0.3, 0.4) is 0 Å². The minimum absolute atomic E-state index is 0.450. The Balaban J connectivity index is 1.65. The van der Waals surface area contributed by atoms with Gasteiger partial charge in [-0.25, -0.2) is 9.97 Å². The van der Waals surface area contributed by atoms with E-state index in [9.17, 15) is 0 Å². The number of nitrogens with zero attached hydrogens (tertiary/aromatic N) is 5. The molecule has 0 aromatic carbocycles. The van der Waals surface area contributed by atoms with Crippen molar-refractivity contribution in [2.45, 2.75) is 6.54 Å². The van der Waals surface area contributed by atoms with Crippen molar-refractivity contribution in [2.75, 3.05) is 7.11 Å². The van der Waals surface area contributed by atoms with Gasteiger partial charge in [0.1, 0.15) is 5.15 Å². The number of aromatic nitrogens is 5. The second-order valence-electron chi connectivity index (χ2n) is 5.49. The number of methoxy groups -OCH3 is 1. The molecule has 0 radical (unpaired) electrons. The fraction of sp³-hybridized carbons (Fsp3) is 0.111. The van der Waals surface area contributed by atoms with Gasteiger partial charge in [-0.2, -0.15) is 5.10 Å². The van der Waals surface area contributed by atoms with Gasteiger partial charge >= 0.3 is 0 Å². The third-order valence-corrected chi connectivity index (χ3v) is 4.06. The van der Waals surface area contributed by atoms with Crippen molar-refractivity contribution in [3.8, 4) is 17.0 Å². The number of ether oxygens (including phenoxy) is 1. The Labute approximate surface area is 149 Å². The second kappa shape index (κ2) is 6.49. The van der Waals surface area contributed by atoms with Crippen LogP contribution >= 0.6 is 11.6 Å². The summed E-state index contributed by atoms with van der Waals surface area (Å²) in [6.07, 6.45) is 7.27. The summed E-state index contributed by atoms with van der Waals surface area (Å²) >= 11 is 5.97. The van der Waals surface area contributed by atoms with Crippen LogP contribution in [0, 0.1) is 0 Å². The first-order valence-corrected chi connectivity index (χ1v) is 8.04. The lowest BCUT2D eigenvalue weighted by atomic mass is 10.1. The summed E-state index contributed by atoms with van der Waals surface area (Å²) in [5.41, 5.74) is 4.42. The molecule has 0 atom stereocenters. The average molecular weight is 352 g/mol. The third kappa shape index (κ3) is 3.16. The summed E-state index contributed by atoms with van der Waals surface area (Å²) in [6.45, 7) is 0.572. The highest BCUT2D eigenvalue weighted by atomic mass is 35.5. The molecule has 4 aromatic heterocycles. The van der Waals surface area contributed by atoms with Gasteiger partial charge in [-0.1, -0.05) is 17.7 Å². The summed E-state index contributed by atoms with van der Waals surface area (Å²) in [6, 6.07) is 9.39. The van der Waals surface area contributed by atoms with E-state index in [1.54, 1.807) is 25.6 Å². The number of fused-ring (bicyclic) bond motifs is 1. The second-order valence-corrected chi connectivity index (χ2v) is 5.88. The zero-order valence-electron chi connectivity index (χ0n) is 13.4. The molecule has 6 nitrogen and oxygen atoms in total. The summed E-state index contributed by atoms with van der Waals surface area (Å²) in [5, 5.41) is 4.87. The Morgan fingerprint density at radius 3 is 2.88 bits per heavy atom. The summed E-state index contributed by atoms with van der Waals surface area (Å²) in [4.78, 5) is 12.9. The molecule has 25 heavy (non-hydrogen) atoms. The van der Waals surface area contributed by atoms with Crippen molar-refractivity contribution in [3.05, 3.63) is 65.8 Å². The fourth-order valence-electron chi connectivity index (χ4n) is 2.64. The number of rotatable bonds is 4. The lowest BCUT2D eigenvalue weighted by Crippen LogP contribution is -2.03. The summed E-state index contributed by atoms with van der Waals surface area (Å²) in [5.74, 6) is 0.603. The minimum Gasteiger partial charge on any atom is -0.481 e. The molecule has 0 N–H and O–H groups in total. The highest BCUT2D eigenvalue weighted by molar-refractivity contribution is 6.29. The number of halogens is 1. The van der Waals surface area contributed by atoms with Gasteiger partial charge in [0, 0.05) is 35.3 Å². The van der Waals surface area contributed by atoms with E-state index in [0.29, 0.717) is 17.6 Å². The van der Waals surface area contributed by atoms with E-state index in [4.69, 9.17) is 16.3 Å². The van der Waals surface area contributed by atoms with Crippen molar-refractivity contribution in [1.29, 1.82) is 0 Å². The van der Waals surface area contributed by atoms with Gasteiger partial charge in [0.2, 0.25) is 5.88 Å². The predicted molar refractivity (Wildman–Crippen MR) is 95.7 cm³/mol. The monoisotopic (exact) mass is 351 g/mol. The average Bonchev–Trinajstić information content (AvgIpc) is 3.10. The third-order valence-electron chi connectivity index (χ3n) is 3.85. The quantitative estimate of drug-likeness (QED) is 0.525. The van der Waals surface area contributed by atoms with Crippen LogP contribution in [0.15, 0.2) is 55.1 Å². The van der Waals surface area contributed by atoms with Crippen molar-refractivity contribution in [3.63, 3.8) is 0 Å². The Morgan fingerprint density at radius 2 is 2.00 bits per heavy atom. The first-order valence-electron chi connectivity index (χ1n) is 7.66. The van der Waals surface area contributed by atoms with E-state index >= 15 is 0 Å². The molecule has 4 aromatic rings. The smallest absolute Gasteiger partial charge is 0.218 e. The van der Waals surface area contributed by atoms with Crippen molar-refractivity contribution >= 4 is 22.6 Å². The maximum atomic E-state index is 5.97. The van der Waals surface area contributed by atoms with E-state index in [1.165, 1.54) is 0 Å². The molecule has 0 spiro atoms. The largest absolute Gasteiger partial charge is 0.481 e. The van der Waals surface area contributed by atoms with Gasteiger partial charge in [0.15, 0.2) is 0 Å². The lowest BCUT2D eigenvalue weighted by Gasteiger charge is -2.06. The van der Waals surface area contributed by atoms with Crippen molar-refractivity contribution < 1.29 is 4.74 Å². The van der Waals surface area contributed by atoms with E-state index in [0.717, 1.165) is 27.7 Å². The van der Waals surface area contributed by atoms with Gasteiger partial charge < -0.3 is 4.74 Å². The number of pyridine rings is 3. The lowest BCUT2D eigenvalue weighted by molar-refractivity contribution is 0.390. The van der Waals surface area contributed by atoms with Gasteiger partial charge in [0.25, 0.3) is 0 Å². The molecule has 124 valence electrons.